The lowest BCUT2D eigenvalue weighted by atomic mass is 9.59. The van der Waals surface area contributed by atoms with Gasteiger partial charge in [-0.25, -0.2) is 0 Å². The minimum absolute atomic E-state index is 0.578. The average Bonchev–Trinajstić information content (AvgIpc) is 3.82. The topological polar surface area (TPSA) is 16.4 Å². The number of benzene rings is 9. The van der Waals surface area contributed by atoms with Gasteiger partial charge in [-0.15, -0.1) is 11.3 Å². The van der Waals surface area contributed by atoms with Crippen molar-refractivity contribution in [2.24, 2.45) is 0 Å². The van der Waals surface area contributed by atoms with Crippen molar-refractivity contribution in [3.63, 3.8) is 0 Å². The van der Waals surface area contributed by atoms with Gasteiger partial charge in [0.05, 0.1) is 5.41 Å². The molecule has 11 aromatic rings. The summed E-state index contributed by atoms with van der Waals surface area (Å²) in [6.07, 6.45) is 0. The Balaban J connectivity index is 1.14. The van der Waals surface area contributed by atoms with Crippen LogP contribution in [0.5, 0.6) is 0 Å². The van der Waals surface area contributed by atoms with Crippen molar-refractivity contribution in [1.82, 2.24) is 0 Å². The second-order valence-electron chi connectivity index (χ2n) is 14.8. The molecule has 12 rings (SSSR count). The molecule has 0 amide bonds. The molecule has 2 heterocycles. The van der Waals surface area contributed by atoms with E-state index in [-0.39, 0.29) is 0 Å². The van der Waals surface area contributed by atoms with E-state index in [9.17, 15) is 0 Å². The second kappa shape index (κ2) is 12.0. The zero-order valence-corrected chi connectivity index (χ0v) is 31.1. The van der Waals surface area contributed by atoms with Crippen molar-refractivity contribution in [2.45, 2.75) is 5.41 Å². The molecule has 262 valence electrons. The van der Waals surface area contributed by atoms with Gasteiger partial charge in [0.2, 0.25) is 0 Å². The maximum atomic E-state index is 6.50. The Labute approximate surface area is 328 Å². The normalized spacial score (nSPS) is 14.9. The van der Waals surface area contributed by atoms with Gasteiger partial charge in [-0.05, 0) is 92.7 Å². The Hall–Kier alpha value is -6.94. The summed E-state index contributed by atoms with van der Waals surface area (Å²) < 4.78 is 9.06. The summed E-state index contributed by atoms with van der Waals surface area (Å²) >= 11 is 1.85. The first kappa shape index (κ1) is 31.4. The third-order valence-corrected chi connectivity index (χ3v) is 13.0. The van der Waals surface area contributed by atoms with Crippen LogP contribution in [0.25, 0.3) is 64.0 Å². The van der Waals surface area contributed by atoms with Crippen LogP contribution in [0.2, 0.25) is 0 Å². The van der Waals surface area contributed by atoms with Gasteiger partial charge in [-0.2, -0.15) is 0 Å². The number of rotatable bonds is 5. The smallest absolute Gasteiger partial charge is 0.137 e. The number of thiophene rings is 1. The largest absolute Gasteiger partial charge is 0.456 e. The Morgan fingerprint density at radius 2 is 1.02 bits per heavy atom. The van der Waals surface area contributed by atoms with Gasteiger partial charge in [0.1, 0.15) is 11.2 Å². The molecule has 2 nitrogen and oxygen atoms in total. The van der Waals surface area contributed by atoms with E-state index in [1.165, 1.54) is 64.3 Å². The van der Waals surface area contributed by atoms with Gasteiger partial charge in [-0.3, -0.25) is 0 Å². The van der Waals surface area contributed by atoms with Gasteiger partial charge in [0, 0.05) is 54.1 Å². The highest BCUT2D eigenvalue weighted by Crippen LogP contribution is 2.56. The first-order valence-corrected chi connectivity index (χ1v) is 20.0. The fourth-order valence-electron chi connectivity index (χ4n) is 9.58. The molecular weight excluding hydrogens is 699 g/mol. The summed E-state index contributed by atoms with van der Waals surface area (Å²) in [5, 5.41) is 7.39. The van der Waals surface area contributed by atoms with Crippen molar-refractivity contribution in [2.75, 3.05) is 4.90 Å². The highest BCUT2D eigenvalue weighted by molar-refractivity contribution is 7.25. The van der Waals surface area contributed by atoms with E-state index in [0.717, 1.165) is 39.0 Å². The van der Waals surface area contributed by atoms with E-state index in [0.29, 0.717) is 0 Å². The maximum absolute atomic E-state index is 6.50. The standard InChI is InChI=1S/C53H33NOS/c1-2-15-35(16-3-1)53(46-23-7-4-19-40(46)45-22-10-13-34-14-11-24-47(53)52(34)45)36-17-12-18-37(31-36)54(38-27-29-42-41-20-5-8-25-48(41)55-49(42)32-38)39-28-30-44-43-21-6-9-26-50(43)56-51(44)33-39/h1-33H. The van der Waals surface area contributed by atoms with Crippen LogP contribution in [0.4, 0.5) is 17.1 Å². The molecular formula is C53H33NOS. The molecule has 0 radical (unpaired) electrons. The Morgan fingerprint density at radius 3 is 1.93 bits per heavy atom. The van der Waals surface area contributed by atoms with Crippen LogP contribution in [0.3, 0.4) is 0 Å². The molecule has 0 saturated heterocycles. The third-order valence-electron chi connectivity index (χ3n) is 11.9. The number of para-hydroxylation sites is 1. The van der Waals surface area contributed by atoms with E-state index < -0.39 is 5.41 Å². The number of furan rings is 1. The van der Waals surface area contributed by atoms with Crippen molar-refractivity contribution >= 4 is 81.3 Å². The monoisotopic (exact) mass is 731 g/mol. The molecule has 0 spiro atoms. The highest BCUT2D eigenvalue weighted by Gasteiger charge is 2.44. The van der Waals surface area contributed by atoms with Crippen molar-refractivity contribution in [3.05, 3.63) is 222 Å². The molecule has 0 aliphatic heterocycles. The van der Waals surface area contributed by atoms with Crippen molar-refractivity contribution < 1.29 is 4.42 Å². The lowest BCUT2D eigenvalue weighted by Crippen LogP contribution is -2.34. The molecule has 3 heteroatoms. The summed E-state index contributed by atoms with van der Waals surface area (Å²) in [5.74, 6) is 0. The van der Waals surface area contributed by atoms with Crippen LogP contribution < -0.4 is 4.90 Å². The van der Waals surface area contributed by atoms with Gasteiger partial charge >= 0.3 is 0 Å². The zero-order valence-electron chi connectivity index (χ0n) is 30.3. The van der Waals surface area contributed by atoms with Crippen LogP contribution in [0.15, 0.2) is 205 Å². The molecule has 1 unspecified atom stereocenters. The fourth-order valence-corrected chi connectivity index (χ4v) is 10.7. The van der Waals surface area contributed by atoms with E-state index in [1.807, 2.05) is 17.4 Å². The Bertz CT molecular complexity index is 3220. The molecule has 0 fully saturated rings. The van der Waals surface area contributed by atoms with Crippen LogP contribution >= 0.6 is 11.3 Å². The van der Waals surface area contributed by atoms with E-state index in [2.05, 4.69) is 199 Å². The SMILES string of the molecule is c1ccc(C2(c3cccc(N(c4ccc5c(c4)oc4ccccc45)c4ccc5c(c4)sc4ccccc45)c3)c3ccccc3-c3cccc4cccc2c34)cc1. The minimum Gasteiger partial charge on any atom is -0.456 e. The van der Waals surface area contributed by atoms with Crippen molar-refractivity contribution in [3.8, 4) is 11.1 Å². The number of nitrogens with zero attached hydrogens (tertiary/aromatic N) is 1. The maximum Gasteiger partial charge on any atom is 0.137 e. The number of fused-ring (bicyclic) bond motifs is 8. The number of hydrogen-bond acceptors (Lipinski definition) is 3. The summed E-state index contributed by atoms with van der Waals surface area (Å²) in [4.78, 5) is 2.40. The van der Waals surface area contributed by atoms with Crippen LogP contribution in [-0.2, 0) is 5.41 Å². The Kier molecular flexibility index (Phi) is 6.75. The first-order valence-electron chi connectivity index (χ1n) is 19.2. The van der Waals surface area contributed by atoms with Gasteiger partial charge < -0.3 is 9.32 Å². The minimum atomic E-state index is -0.578. The van der Waals surface area contributed by atoms with Gasteiger partial charge in [0.15, 0.2) is 0 Å². The lowest BCUT2D eigenvalue weighted by Gasteiger charge is -2.42. The lowest BCUT2D eigenvalue weighted by molar-refractivity contribution is 0.669. The molecule has 0 N–H and O–H groups in total. The van der Waals surface area contributed by atoms with E-state index >= 15 is 0 Å². The van der Waals surface area contributed by atoms with Crippen molar-refractivity contribution in [1.29, 1.82) is 0 Å². The molecule has 2 aromatic heterocycles. The molecule has 1 aliphatic rings. The molecule has 56 heavy (non-hydrogen) atoms. The number of anilines is 3. The Morgan fingerprint density at radius 1 is 0.393 bits per heavy atom. The van der Waals surface area contributed by atoms with Crippen LogP contribution in [0.1, 0.15) is 22.3 Å². The zero-order chi connectivity index (χ0) is 36.8. The van der Waals surface area contributed by atoms with E-state index in [1.54, 1.807) is 0 Å². The quantitative estimate of drug-likeness (QED) is 0.175. The summed E-state index contributed by atoms with van der Waals surface area (Å²) in [5.41, 5.74) is 12.0. The average molecular weight is 732 g/mol. The van der Waals surface area contributed by atoms with Crippen LogP contribution in [0, 0.1) is 0 Å². The van der Waals surface area contributed by atoms with E-state index in [4.69, 9.17) is 4.42 Å². The molecule has 0 bridgehead atoms. The fraction of sp³-hybridized carbons (Fsp3) is 0.0189. The molecule has 9 aromatic carbocycles. The number of hydrogen-bond donors (Lipinski definition) is 0. The summed E-state index contributed by atoms with van der Waals surface area (Å²) in [6, 6.07) is 73.5. The third kappa shape index (κ3) is 4.43. The predicted molar refractivity (Wildman–Crippen MR) is 236 cm³/mol. The predicted octanol–water partition coefficient (Wildman–Crippen LogP) is 14.9. The first-order chi connectivity index (χ1) is 27.8. The molecule has 1 aliphatic carbocycles. The van der Waals surface area contributed by atoms with Gasteiger partial charge in [0.25, 0.3) is 0 Å². The van der Waals surface area contributed by atoms with Crippen LogP contribution in [-0.4, -0.2) is 0 Å². The molecule has 1 atom stereocenters. The second-order valence-corrected chi connectivity index (χ2v) is 15.9. The van der Waals surface area contributed by atoms with Gasteiger partial charge in [-0.1, -0.05) is 146 Å². The highest BCUT2D eigenvalue weighted by atomic mass is 32.1. The summed E-state index contributed by atoms with van der Waals surface area (Å²) in [6.45, 7) is 0. The summed E-state index contributed by atoms with van der Waals surface area (Å²) in [7, 11) is 0. The molecule has 0 saturated carbocycles.